The third-order valence-corrected chi connectivity index (χ3v) is 2.57. The Morgan fingerprint density at radius 3 is 2.53 bits per heavy atom. The highest BCUT2D eigenvalue weighted by Crippen LogP contribution is 2.03. The molecule has 0 aliphatic carbocycles. The topological polar surface area (TPSA) is 46.6 Å². The zero-order valence-electron chi connectivity index (χ0n) is 11.3. The molecule has 19 heavy (non-hydrogen) atoms. The summed E-state index contributed by atoms with van der Waals surface area (Å²) in [5, 5.41) is 0. The number of benzene rings is 1. The maximum absolute atomic E-state index is 12.0. The maximum Gasteiger partial charge on any atom is 0.325 e. The first-order chi connectivity index (χ1) is 9.17. The second-order valence-electron chi connectivity index (χ2n) is 4.08. The molecule has 0 aliphatic rings. The van der Waals surface area contributed by atoms with Gasteiger partial charge in [-0.2, -0.15) is 0 Å². The van der Waals surface area contributed by atoms with Gasteiger partial charge in [-0.1, -0.05) is 37.3 Å². The normalized spacial score (nSPS) is 10.4. The summed E-state index contributed by atoms with van der Waals surface area (Å²) in [5.74, 6) is -0.592. The molecular formula is C15H19NO3. The quantitative estimate of drug-likeness (QED) is 0.582. The molecule has 0 atom stereocenters. The lowest BCUT2D eigenvalue weighted by Gasteiger charge is -2.18. The Hall–Kier alpha value is -2.10. The van der Waals surface area contributed by atoms with Crippen LogP contribution in [0.2, 0.25) is 0 Å². The van der Waals surface area contributed by atoms with E-state index in [1.165, 1.54) is 18.1 Å². The lowest BCUT2D eigenvalue weighted by Crippen LogP contribution is -2.35. The molecule has 0 saturated carbocycles. The number of rotatable bonds is 6. The predicted molar refractivity (Wildman–Crippen MR) is 74.4 cm³/mol. The second kappa shape index (κ2) is 8.08. The van der Waals surface area contributed by atoms with E-state index < -0.39 is 5.97 Å². The van der Waals surface area contributed by atoms with Gasteiger partial charge in [-0.05, 0) is 18.1 Å². The summed E-state index contributed by atoms with van der Waals surface area (Å²) in [6.45, 7) is 2.48. The number of hydrogen-bond donors (Lipinski definition) is 0. The zero-order chi connectivity index (χ0) is 14.1. The van der Waals surface area contributed by atoms with Crippen molar-refractivity contribution >= 4 is 18.0 Å². The van der Waals surface area contributed by atoms with Crippen molar-refractivity contribution in [3.63, 3.8) is 0 Å². The first-order valence-corrected chi connectivity index (χ1v) is 6.26. The van der Waals surface area contributed by atoms with Gasteiger partial charge in [0.2, 0.25) is 5.91 Å². The molecule has 1 aromatic carbocycles. The van der Waals surface area contributed by atoms with E-state index in [2.05, 4.69) is 4.74 Å². The fourth-order valence-electron chi connectivity index (χ4n) is 1.59. The number of ether oxygens (including phenoxy) is 1. The predicted octanol–water partition coefficient (Wildman–Crippen LogP) is 2.11. The highest BCUT2D eigenvalue weighted by molar-refractivity contribution is 5.93. The van der Waals surface area contributed by atoms with Crippen LogP contribution in [0.5, 0.6) is 0 Å². The second-order valence-corrected chi connectivity index (χ2v) is 4.08. The third-order valence-electron chi connectivity index (χ3n) is 2.57. The molecule has 0 heterocycles. The number of carbonyl (C=O) groups is 2. The highest BCUT2D eigenvalue weighted by atomic mass is 16.5. The number of hydrogen-bond acceptors (Lipinski definition) is 3. The van der Waals surface area contributed by atoms with Gasteiger partial charge < -0.3 is 9.64 Å². The lowest BCUT2D eigenvalue weighted by molar-refractivity contribution is -0.145. The Bertz CT molecular complexity index is 440. The van der Waals surface area contributed by atoms with E-state index in [0.717, 1.165) is 12.0 Å². The molecule has 1 amide bonds. The molecule has 0 bridgehead atoms. The van der Waals surface area contributed by atoms with Gasteiger partial charge in [0.25, 0.3) is 0 Å². The Balaban J connectivity index is 2.66. The van der Waals surface area contributed by atoms with Crippen molar-refractivity contribution in [2.24, 2.45) is 0 Å². The number of methoxy groups -OCH3 is 1. The molecule has 4 heteroatoms. The van der Waals surface area contributed by atoms with E-state index in [9.17, 15) is 9.59 Å². The first kappa shape index (κ1) is 15.0. The molecule has 0 unspecified atom stereocenters. The highest BCUT2D eigenvalue weighted by Gasteiger charge is 2.14. The largest absolute Gasteiger partial charge is 0.468 e. The Morgan fingerprint density at radius 2 is 1.95 bits per heavy atom. The standard InChI is InChI=1S/C15H19NO3/c1-3-11-16(12-15(18)19-2)14(17)10-9-13-7-5-4-6-8-13/h4-10H,3,11-12H2,1-2H3. The van der Waals surface area contributed by atoms with Crippen molar-refractivity contribution in [2.45, 2.75) is 13.3 Å². The first-order valence-electron chi connectivity index (χ1n) is 6.26. The monoisotopic (exact) mass is 261 g/mol. The molecular weight excluding hydrogens is 242 g/mol. The average molecular weight is 261 g/mol. The summed E-state index contributed by atoms with van der Waals surface area (Å²) in [7, 11) is 1.32. The lowest BCUT2D eigenvalue weighted by atomic mass is 10.2. The van der Waals surface area contributed by atoms with E-state index in [1.54, 1.807) is 6.08 Å². The van der Waals surface area contributed by atoms with Crippen molar-refractivity contribution in [1.29, 1.82) is 0 Å². The van der Waals surface area contributed by atoms with Crippen LogP contribution >= 0.6 is 0 Å². The SMILES string of the molecule is CCCN(CC(=O)OC)C(=O)C=Cc1ccccc1. The van der Waals surface area contributed by atoms with Gasteiger partial charge >= 0.3 is 5.97 Å². The van der Waals surface area contributed by atoms with E-state index in [1.807, 2.05) is 37.3 Å². The van der Waals surface area contributed by atoms with Crippen LogP contribution < -0.4 is 0 Å². The van der Waals surface area contributed by atoms with Crippen LogP contribution in [0.15, 0.2) is 36.4 Å². The van der Waals surface area contributed by atoms with Crippen LogP contribution in [-0.2, 0) is 14.3 Å². The minimum Gasteiger partial charge on any atom is -0.468 e. The van der Waals surface area contributed by atoms with Crippen LogP contribution in [0.25, 0.3) is 6.08 Å². The molecule has 0 aromatic heterocycles. The molecule has 0 N–H and O–H groups in total. The van der Waals surface area contributed by atoms with Crippen LogP contribution in [0, 0.1) is 0 Å². The van der Waals surface area contributed by atoms with Gasteiger partial charge in [-0.3, -0.25) is 9.59 Å². The van der Waals surface area contributed by atoms with Gasteiger partial charge in [-0.25, -0.2) is 0 Å². The van der Waals surface area contributed by atoms with Gasteiger partial charge in [-0.15, -0.1) is 0 Å². The van der Waals surface area contributed by atoms with E-state index in [-0.39, 0.29) is 12.5 Å². The molecule has 1 aromatic rings. The summed E-state index contributed by atoms with van der Waals surface area (Å²) in [6, 6.07) is 9.55. The van der Waals surface area contributed by atoms with E-state index in [4.69, 9.17) is 0 Å². The molecule has 0 fully saturated rings. The minimum absolute atomic E-state index is 0.0116. The summed E-state index contributed by atoms with van der Waals surface area (Å²) in [4.78, 5) is 24.7. The number of esters is 1. The summed E-state index contributed by atoms with van der Waals surface area (Å²) in [5.41, 5.74) is 0.949. The van der Waals surface area contributed by atoms with Crippen LogP contribution in [0.1, 0.15) is 18.9 Å². The van der Waals surface area contributed by atoms with Crippen molar-refractivity contribution in [2.75, 3.05) is 20.2 Å². The van der Waals surface area contributed by atoms with E-state index >= 15 is 0 Å². The average Bonchev–Trinajstić information content (AvgIpc) is 2.45. The molecule has 102 valence electrons. The molecule has 0 spiro atoms. The van der Waals surface area contributed by atoms with Crippen LogP contribution in [0.4, 0.5) is 0 Å². The van der Waals surface area contributed by atoms with Gasteiger partial charge in [0.1, 0.15) is 6.54 Å². The van der Waals surface area contributed by atoms with E-state index in [0.29, 0.717) is 6.54 Å². The van der Waals surface area contributed by atoms with Crippen molar-refractivity contribution in [3.05, 3.63) is 42.0 Å². The zero-order valence-corrected chi connectivity index (χ0v) is 11.3. The molecule has 0 aliphatic heterocycles. The molecule has 0 saturated heterocycles. The number of nitrogens with zero attached hydrogens (tertiary/aromatic N) is 1. The summed E-state index contributed by atoms with van der Waals surface area (Å²) >= 11 is 0. The smallest absolute Gasteiger partial charge is 0.325 e. The van der Waals surface area contributed by atoms with Gasteiger partial charge in [0.15, 0.2) is 0 Å². The Morgan fingerprint density at radius 1 is 1.26 bits per heavy atom. The molecule has 1 rings (SSSR count). The van der Waals surface area contributed by atoms with Crippen molar-refractivity contribution in [3.8, 4) is 0 Å². The fourth-order valence-corrected chi connectivity index (χ4v) is 1.59. The maximum atomic E-state index is 12.0. The fraction of sp³-hybridized carbons (Fsp3) is 0.333. The summed E-state index contributed by atoms with van der Waals surface area (Å²) < 4.78 is 4.58. The van der Waals surface area contributed by atoms with Crippen LogP contribution in [-0.4, -0.2) is 37.0 Å². The van der Waals surface area contributed by atoms with Crippen molar-refractivity contribution in [1.82, 2.24) is 4.90 Å². The Kier molecular flexibility index (Phi) is 6.36. The van der Waals surface area contributed by atoms with Gasteiger partial charge in [0, 0.05) is 12.6 Å². The minimum atomic E-state index is -0.407. The number of carbonyl (C=O) groups excluding carboxylic acids is 2. The molecule has 4 nitrogen and oxygen atoms in total. The summed E-state index contributed by atoms with van der Waals surface area (Å²) in [6.07, 6.45) is 4.01. The van der Waals surface area contributed by atoms with Gasteiger partial charge in [0.05, 0.1) is 7.11 Å². The van der Waals surface area contributed by atoms with Crippen LogP contribution in [0.3, 0.4) is 0 Å². The van der Waals surface area contributed by atoms with Crippen molar-refractivity contribution < 1.29 is 14.3 Å². The number of amides is 1. The third kappa shape index (κ3) is 5.38. The Labute approximate surface area is 113 Å². The molecule has 0 radical (unpaired) electrons.